The zero-order chi connectivity index (χ0) is 16.2. The molecule has 1 fully saturated rings. The van der Waals surface area contributed by atoms with Gasteiger partial charge in [0.05, 0.1) is 0 Å². The van der Waals surface area contributed by atoms with E-state index in [2.05, 4.69) is 26.1 Å². The van der Waals surface area contributed by atoms with E-state index in [9.17, 15) is 9.90 Å². The van der Waals surface area contributed by atoms with Crippen LogP contribution >= 0.6 is 0 Å². The Labute approximate surface area is 133 Å². The van der Waals surface area contributed by atoms with Crippen molar-refractivity contribution in [2.45, 2.75) is 33.6 Å². The molecule has 0 aliphatic carbocycles. The number of piperidine rings is 1. The smallest absolute Gasteiger partial charge is 0.253 e. The van der Waals surface area contributed by atoms with Gasteiger partial charge in [0, 0.05) is 37.5 Å². The lowest BCUT2D eigenvalue weighted by atomic mass is 9.96. The summed E-state index contributed by atoms with van der Waals surface area (Å²) in [7, 11) is 0. The van der Waals surface area contributed by atoms with E-state index in [0.717, 1.165) is 43.7 Å². The number of benzene rings is 1. The molecule has 2 N–H and O–H groups in total. The topological polar surface area (TPSA) is 52.6 Å². The predicted octanol–water partition coefficient (Wildman–Crippen LogP) is 2.99. The third kappa shape index (κ3) is 4.73. The van der Waals surface area contributed by atoms with Crippen molar-refractivity contribution in [3.8, 4) is 0 Å². The van der Waals surface area contributed by atoms with Crippen LogP contribution in [0.5, 0.6) is 0 Å². The monoisotopic (exact) mass is 304 g/mol. The van der Waals surface area contributed by atoms with E-state index >= 15 is 0 Å². The summed E-state index contributed by atoms with van der Waals surface area (Å²) in [6.45, 7) is 9.12. The number of aliphatic hydroxyl groups excluding tert-OH is 1. The Hall–Kier alpha value is -1.55. The minimum Gasteiger partial charge on any atom is -0.396 e. The molecular weight excluding hydrogens is 276 g/mol. The molecule has 4 nitrogen and oxygen atoms in total. The number of hydrogen-bond donors (Lipinski definition) is 2. The highest BCUT2D eigenvalue weighted by Crippen LogP contribution is 2.21. The van der Waals surface area contributed by atoms with Crippen molar-refractivity contribution in [1.82, 2.24) is 4.90 Å². The van der Waals surface area contributed by atoms with Gasteiger partial charge in [-0.05, 0) is 42.4 Å². The Morgan fingerprint density at radius 2 is 2.00 bits per heavy atom. The molecule has 22 heavy (non-hydrogen) atoms. The summed E-state index contributed by atoms with van der Waals surface area (Å²) >= 11 is 0. The number of nitrogens with zero attached hydrogens (tertiary/aromatic N) is 1. The van der Waals surface area contributed by atoms with E-state index in [1.165, 1.54) is 0 Å². The maximum absolute atomic E-state index is 12.6. The number of nitrogens with one attached hydrogen (secondary N) is 1. The Balaban J connectivity index is 1.98. The first-order valence-electron chi connectivity index (χ1n) is 8.13. The second-order valence-electron chi connectivity index (χ2n) is 7.41. The zero-order valence-corrected chi connectivity index (χ0v) is 13.9. The van der Waals surface area contributed by atoms with Gasteiger partial charge in [0.1, 0.15) is 0 Å². The number of aliphatic hydroxyl groups is 1. The van der Waals surface area contributed by atoms with Gasteiger partial charge in [-0.1, -0.05) is 26.8 Å². The van der Waals surface area contributed by atoms with Gasteiger partial charge in [0.25, 0.3) is 5.91 Å². The van der Waals surface area contributed by atoms with E-state index in [1.807, 2.05) is 29.2 Å². The first-order valence-corrected chi connectivity index (χ1v) is 8.13. The number of carbonyl (C=O) groups excluding carboxylic acids is 1. The summed E-state index contributed by atoms with van der Waals surface area (Å²) in [4.78, 5) is 14.5. The standard InChI is InChI=1S/C18H28N2O2/c1-18(2,3)13-19-16-6-4-5-15(11-16)17(22)20-9-7-14(12-21)8-10-20/h4-6,11,14,19,21H,7-10,12-13H2,1-3H3. The fraction of sp³-hybridized carbons (Fsp3) is 0.611. The summed E-state index contributed by atoms with van der Waals surface area (Å²) in [6.07, 6.45) is 1.79. The molecule has 0 bridgehead atoms. The molecule has 1 saturated heterocycles. The van der Waals surface area contributed by atoms with E-state index in [1.54, 1.807) is 0 Å². The van der Waals surface area contributed by atoms with E-state index in [-0.39, 0.29) is 17.9 Å². The Bertz CT molecular complexity index is 500. The summed E-state index contributed by atoms with van der Waals surface area (Å²) < 4.78 is 0. The van der Waals surface area contributed by atoms with Crippen molar-refractivity contribution in [3.05, 3.63) is 29.8 Å². The fourth-order valence-corrected chi connectivity index (χ4v) is 2.63. The maximum atomic E-state index is 12.6. The fourth-order valence-electron chi connectivity index (χ4n) is 2.63. The molecule has 1 aliphatic heterocycles. The summed E-state index contributed by atoms with van der Waals surface area (Å²) in [5, 5.41) is 12.6. The molecule has 0 atom stereocenters. The molecule has 0 unspecified atom stereocenters. The molecule has 4 heteroatoms. The molecule has 1 aromatic rings. The average molecular weight is 304 g/mol. The lowest BCUT2D eigenvalue weighted by Crippen LogP contribution is -2.39. The van der Waals surface area contributed by atoms with Gasteiger partial charge in [-0.15, -0.1) is 0 Å². The highest BCUT2D eigenvalue weighted by atomic mass is 16.3. The Kier molecular flexibility index (Phi) is 5.46. The van der Waals surface area contributed by atoms with Gasteiger partial charge in [0.15, 0.2) is 0 Å². The highest BCUT2D eigenvalue weighted by Gasteiger charge is 2.23. The van der Waals surface area contributed by atoms with Crippen LogP contribution in [0.4, 0.5) is 5.69 Å². The van der Waals surface area contributed by atoms with Gasteiger partial charge in [0.2, 0.25) is 0 Å². The number of anilines is 1. The molecule has 122 valence electrons. The number of amides is 1. The van der Waals surface area contributed by atoms with Crippen LogP contribution in [0.1, 0.15) is 44.0 Å². The normalized spacial score (nSPS) is 16.6. The average Bonchev–Trinajstić information content (AvgIpc) is 2.52. The number of rotatable bonds is 4. The van der Waals surface area contributed by atoms with Crippen LogP contribution in [-0.4, -0.2) is 42.2 Å². The van der Waals surface area contributed by atoms with E-state index in [4.69, 9.17) is 0 Å². The highest BCUT2D eigenvalue weighted by molar-refractivity contribution is 5.95. The van der Waals surface area contributed by atoms with Crippen LogP contribution in [0.2, 0.25) is 0 Å². The van der Waals surface area contributed by atoms with Crippen LogP contribution in [-0.2, 0) is 0 Å². The first-order chi connectivity index (χ1) is 10.4. The molecule has 1 aliphatic rings. The first kappa shape index (κ1) is 16.8. The molecule has 0 aromatic heterocycles. The molecule has 1 heterocycles. The molecule has 0 saturated carbocycles. The van der Waals surface area contributed by atoms with Gasteiger partial charge < -0.3 is 15.3 Å². The Morgan fingerprint density at radius 3 is 2.59 bits per heavy atom. The van der Waals surface area contributed by atoms with Crippen LogP contribution in [0, 0.1) is 11.3 Å². The van der Waals surface area contributed by atoms with Crippen LogP contribution in [0.15, 0.2) is 24.3 Å². The van der Waals surface area contributed by atoms with Crippen molar-refractivity contribution in [2.24, 2.45) is 11.3 Å². The van der Waals surface area contributed by atoms with Gasteiger partial charge >= 0.3 is 0 Å². The SMILES string of the molecule is CC(C)(C)CNc1cccc(C(=O)N2CCC(CO)CC2)c1. The van der Waals surface area contributed by atoms with Crippen molar-refractivity contribution < 1.29 is 9.90 Å². The van der Waals surface area contributed by atoms with Crippen molar-refractivity contribution >= 4 is 11.6 Å². The van der Waals surface area contributed by atoms with E-state index in [0.29, 0.717) is 5.92 Å². The number of hydrogen-bond acceptors (Lipinski definition) is 3. The van der Waals surface area contributed by atoms with Crippen molar-refractivity contribution in [3.63, 3.8) is 0 Å². The summed E-state index contributed by atoms with van der Waals surface area (Å²) in [5.74, 6) is 0.444. The van der Waals surface area contributed by atoms with Crippen molar-refractivity contribution in [1.29, 1.82) is 0 Å². The van der Waals surface area contributed by atoms with Gasteiger partial charge in [-0.2, -0.15) is 0 Å². The van der Waals surface area contributed by atoms with Gasteiger partial charge in [-0.25, -0.2) is 0 Å². The van der Waals surface area contributed by atoms with E-state index < -0.39 is 0 Å². The summed E-state index contributed by atoms with van der Waals surface area (Å²) in [6, 6.07) is 7.74. The van der Waals surface area contributed by atoms with Gasteiger partial charge in [-0.3, -0.25) is 4.79 Å². The van der Waals surface area contributed by atoms with Crippen LogP contribution < -0.4 is 5.32 Å². The summed E-state index contributed by atoms with van der Waals surface area (Å²) in [5.41, 5.74) is 1.93. The molecule has 1 amide bonds. The minimum absolute atomic E-state index is 0.0933. The van der Waals surface area contributed by atoms with Crippen LogP contribution in [0.25, 0.3) is 0 Å². The maximum Gasteiger partial charge on any atom is 0.253 e. The lowest BCUT2D eigenvalue weighted by Gasteiger charge is -2.31. The molecule has 2 rings (SSSR count). The minimum atomic E-state index is 0.0933. The lowest BCUT2D eigenvalue weighted by molar-refractivity contribution is 0.0651. The third-order valence-electron chi connectivity index (χ3n) is 4.09. The van der Waals surface area contributed by atoms with Crippen LogP contribution in [0.3, 0.4) is 0 Å². The third-order valence-corrected chi connectivity index (χ3v) is 4.09. The zero-order valence-electron chi connectivity index (χ0n) is 13.9. The molecule has 0 spiro atoms. The molecule has 1 aromatic carbocycles. The number of carbonyl (C=O) groups is 1. The van der Waals surface area contributed by atoms with Crippen molar-refractivity contribution in [2.75, 3.05) is 31.6 Å². The molecular formula is C18H28N2O2. The quantitative estimate of drug-likeness (QED) is 0.899. The Morgan fingerprint density at radius 1 is 1.32 bits per heavy atom. The largest absolute Gasteiger partial charge is 0.396 e. The molecule has 0 radical (unpaired) electrons. The predicted molar refractivity (Wildman–Crippen MR) is 90.1 cm³/mol. The second-order valence-corrected chi connectivity index (χ2v) is 7.41. The number of likely N-dealkylation sites (tertiary alicyclic amines) is 1. The second kappa shape index (κ2) is 7.14.